The topological polar surface area (TPSA) is 95.4 Å². The third-order valence-electron chi connectivity index (χ3n) is 3.22. The monoisotopic (exact) mass is 264 g/mol. The number of carbonyl (C=O) groups excluding carboxylic acids is 1. The lowest BCUT2D eigenvalue weighted by Crippen LogP contribution is -2.51. The molecule has 1 fully saturated rings. The molecule has 0 bridgehead atoms. The number of amides is 2. The second-order valence-electron chi connectivity index (χ2n) is 4.73. The molecular formula is C12H16N4O3. The first-order chi connectivity index (χ1) is 9.08. The molecule has 0 aliphatic carbocycles. The van der Waals surface area contributed by atoms with E-state index in [0.29, 0.717) is 24.6 Å². The highest BCUT2D eigenvalue weighted by Gasteiger charge is 2.34. The Morgan fingerprint density at radius 1 is 1.42 bits per heavy atom. The van der Waals surface area contributed by atoms with Crippen molar-refractivity contribution in [3.63, 3.8) is 0 Å². The van der Waals surface area contributed by atoms with E-state index in [1.165, 1.54) is 23.6 Å². The zero-order chi connectivity index (χ0) is 13.8. The molecule has 102 valence electrons. The summed E-state index contributed by atoms with van der Waals surface area (Å²) in [6.45, 7) is 2.44. The molecule has 2 N–H and O–H groups in total. The molecule has 0 saturated carbocycles. The lowest BCUT2D eigenvalue weighted by atomic mass is 9.93. The van der Waals surface area contributed by atoms with Crippen molar-refractivity contribution in [2.75, 3.05) is 11.9 Å². The zero-order valence-corrected chi connectivity index (χ0v) is 10.6. The van der Waals surface area contributed by atoms with Crippen molar-refractivity contribution in [3.05, 3.63) is 18.7 Å². The number of nitrogens with one attached hydrogen (secondary N) is 1. The molecule has 0 spiro atoms. The van der Waals surface area contributed by atoms with Crippen molar-refractivity contribution in [3.8, 4) is 0 Å². The molecule has 2 atom stereocenters. The van der Waals surface area contributed by atoms with Crippen LogP contribution in [0.2, 0.25) is 0 Å². The predicted molar refractivity (Wildman–Crippen MR) is 67.6 cm³/mol. The molecule has 2 amide bonds. The third-order valence-corrected chi connectivity index (χ3v) is 3.22. The van der Waals surface area contributed by atoms with Gasteiger partial charge in [0, 0.05) is 6.54 Å². The second kappa shape index (κ2) is 5.64. The van der Waals surface area contributed by atoms with E-state index in [-0.39, 0.29) is 0 Å². The average Bonchev–Trinajstić information content (AvgIpc) is 2.39. The Morgan fingerprint density at radius 3 is 2.74 bits per heavy atom. The minimum Gasteiger partial charge on any atom is -0.480 e. The fraction of sp³-hybridized carbons (Fsp3) is 0.500. The van der Waals surface area contributed by atoms with Crippen LogP contribution in [0.15, 0.2) is 18.7 Å². The van der Waals surface area contributed by atoms with Crippen molar-refractivity contribution in [1.82, 2.24) is 14.9 Å². The Balaban J connectivity index is 2.06. The van der Waals surface area contributed by atoms with Gasteiger partial charge in [-0.2, -0.15) is 0 Å². The van der Waals surface area contributed by atoms with Crippen LogP contribution in [-0.4, -0.2) is 44.6 Å². The number of carboxylic acid groups (broad SMARTS) is 1. The molecule has 2 heterocycles. The molecule has 7 heteroatoms. The van der Waals surface area contributed by atoms with Crippen LogP contribution >= 0.6 is 0 Å². The smallest absolute Gasteiger partial charge is 0.326 e. The first-order valence-corrected chi connectivity index (χ1v) is 6.13. The highest BCUT2D eigenvalue weighted by molar-refractivity contribution is 5.92. The maximum Gasteiger partial charge on any atom is 0.326 e. The van der Waals surface area contributed by atoms with Gasteiger partial charge in [0.2, 0.25) is 0 Å². The first kappa shape index (κ1) is 13.3. The fourth-order valence-electron chi connectivity index (χ4n) is 2.18. The van der Waals surface area contributed by atoms with Crippen LogP contribution in [0.5, 0.6) is 0 Å². The second-order valence-corrected chi connectivity index (χ2v) is 4.73. The number of hydrogen-bond acceptors (Lipinski definition) is 4. The highest BCUT2D eigenvalue weighted by Crippen LogP contribution is 2.23. The number of carboxylic acids is 1. The summed E-state index contributed by atoms with van der Waals surface area (Å²) in [4.78, 5) is 32.2. The van der Waals surface area contributed by atoms with Crippen molar-refractivity contribution >= 4 is 17.7 Å². The van der Waals surface area contributed by atoms with E-state index < -0.39 is 18.0 Å². The van der Waals surface area contributed by atoms with Gasteiger partial charge < -0.3 is 15.3 Å². The molecular weight excluding hydrogens is 248 g/mol. The van der Waals surface area contributed by atoms with Crippen molar-refractivity contribution < 1.29 is 14.7 Å². The van der Waals surface area contributed by atoms with Crippen LogP contribution in [0.1, 0.15) is 19.8 Å². The number of nitrogens with zero attached hydrogens (tertiary/aromatic N) is 3. The molecule has 0 radical (unpaired) electrons. The number of rotatable bonds is 2. The lowest BCUT2D eigenvalue weighted by Gasteiger charge is -2.35. The summed E-state index contributed by atoms with van der Waals surface area (Å²) >= 11 is 0. The largest absolute Gasteiger partial charge is 0.480 e. The van der Waals surface area contributed by atoms with Gasteiger partial charge in [-0.15, -0.1) is 0 Å². The first-order valence-electron chi connectivity index (χ1n) is 6.13. The number of aliphatic carboxylic acids is 1. The van der Waals surface area contributed by atoms with E-state index >= 15 is 0 Å². The summed E-state index contributed by atoms with van der Waals surface area (Å²) < 4.78 is 0. The molecule has 1 aliphatic heterocycles. The molecule has 1 aromatic rings. The Bertz CT molecular complexity index is 465. The van der Waals surface area contributed by atoms with Gasteiger partial charge in [0.05, 0.1) is 18.1 Å². The van der Waals surface area contributed by atoms with E-state index in [9.17, 15) is 14.7 Å². The minimum absolute atomic E-state index is 0.310. The predicted octanol–water partition coefficient (Wildman–Crippen LogP) is 1.19. The molecule has 1 saturated heterocycles. The van der Waals surface area contributed by atoms with Gasteiger partial charge in [-0.05, 0) is 18.8 Å². The molecule has 7 nitrogen and oxygen atoms in total. The summed E-state index contributed by atoms with van der Waals surface area (Å²) in [6, 6.07) is -1.19. The summed E-state index contributed by atoms with van der Waals surface area (Å²) in [5, 5.41) is 11.8. The third kappa shape index (κ3) is 3.18. The van der Waals surface area contributed by atoms with Gasteiger partial charge in [0.1, 0.15) is 12.4 Å². The molecule has 2 unspecified atom stereocenters. The van der Waals surface area contributed by atoms with Crippen LogP contribution in [0.4, 0.5) is 10.5 Å². The molecule has 19 heavy (non-hydrogen) atoms. The highest BCUT2D eigenvalue weighted by atomic mass is 16.4. The van der Waals surface area contributed by atoms with Gasteiger partial charge in [-0.1, -0.05) is 6.92 Å². The molecule has 1 aromatic heterocycles. The van der Waals surface area contributed by atoms with Crippen LogP contribution in [0.3, 0.4) is 0 Å². The van der Waals surface area contributed by atoms with Crippen molar-refractivity contribution in [1.29, 1.82) is 0 Å². The molecule has 1 aliphatic rings. The fourth-order valence-corrected chi connectivity index (χ4v) is 2.18. The van der Waals surface area contributed by atoms with Gasteiger partial charge in [0.15, 0.2) is 0 Å². The number of hydrogen-bond donors (Lipinski definition) is 2. The zero-order valence-electron chi connectivity index (χ0n) is 10.6. The van der Waals surface area contributed by atoms with E-state index in [4.69, 9.17) is 0 Å². The summed E-state index contributed by atoms with van der Waals surface area (Å²) in [5.41, 5.74) is 0.454. The Morgan fingerprint density at radius 2 is 2.11 bits per heavy atom. The van der Waals surface area contributed by atoms with Gasteiger partial charge in [0.25, 0.3) is 0 Å². The van der Waals surface area contributed by atoms with E-state index in [1.54, 1.807) is 0 Å². The number of piperidine rings is 1. The average molecular weight is 264 g/mol. The van der Waals surface area contributed by atoms with Gasteiger partial charge in [-0.3, -0.25) is 0 Å². The lowest BCUT2D eigenvalue weighted by molar-refractivity contribution is -0.143. The van der Waals surface area contributed by atoms with E-state index in [0.717, 1.165) is 6.42 Å². The number of carbonyl (C=O) groups is 2. The number of anilines is 1. The van der Waals surface area contributed by atoms with Gasteiger partial charge >= 0.3 is 12.0 Å². The Kier molecular flexibility index (Phi) is 3.94. The van der Waals surface area contributed by atoms with Crippen molar-refractivity contribution in [2.24, 2.45) is 5.92 Å². The Hall–Kier alpha value is -2.18. The Labute approximate surface area is 110 Å². The summed E-state index contributed by atoms with van der Waals surface area (Å²) in [6.07, 6.45) is 5.58. The maximum atomic E-state index is 12.1. The van der Waals surface area contributed by atoms with Crippen LogP contribution < -0.4 is 5.32 Å². The van der Waals surface area contributed by atoms with E-state index in [2.05, 4.69) is 15.3 Å². The normalized spacial score (nSPS) is 22.9. The number of likely N-dealkylation sites (tertiary alicyclic amines) is 1. The van der Waals surface area contributed by atoms with Crippen LogP contribution in [-0.2, 0) is 4.79 Å². The minimum atomic E-state index is -0.967. The van der Waals surface area contributed by atoms with Crippen LogP contribution in [0.25, 0.3) is 0 Å². The number of aromatic nitrogens is 2. The number of urea groups is 1. The quantitative estimate of drug-likeness (QED) is 0.836. The van der Waals surface area contributed by atoms with Gasteiger partial charge in [-0.25, -0.2) is 19.6 Å². The molecule has 0 aromatic carbocycles. The summed E-state index contributed by atoms with van der Waals surface area (Å²) in [7, 11) is 0. The van der Waals surface area contributed by atoms with E-state index in [1.807, 2.05) is 6.92 Å². The SMILES string of the molecule is CC1CCN(C(=O)Nc2cncnc2)C(C(=O)O)C1. The standard InChI is InChI=1S/C12H16N4O3/c1-8-2-3-16(10(4-8)11(17)18)12(19)15-9-5-13-7-14-6-9/h5-8,10H,2-4H2,1H3,(H,15,19)(H,17,18). The van der Waals surface area contributed by atoms with Crippen molar-refractivity contribution in [2.45, 2.75) is 25.8 Å². The molecule has 2 rings (SSSR count). The van der Waals surface area contributed by atoms with Crippen LogP contribution in [0, 0.1) is 5.92 Å². The summed E-state index contributed by atoms with van der Waals surface area (Å²) in [5.74, 6) is -0.656. The maximum absolute atomic E-state index is 12.1.